The number of anilines is 1. The van der Waals surface area contributed by atoms with Crippen molar-refractivity contribution in [2.75, 3.05) is 31.5 Å². The lowest BCUT2D eigenvalue weighted by Crippen LogP contribution is -2.50. The summed E-state index contributed by atoms with van der Waals surface area (Å²) in [6.07, 6.45) is 0. The van der Waals surface area contributed by atoms with Gasteiger partial charge in [-0.15, -0.1) is 0 Å². The van der Waals surface area contributed by atoms with Gasteiger partial charge in [-0.2, -0.15) is 0 Å². The second-order valence-electron chi connectivity index (χ2n) is 6.52. The molecule has 25 heavy (non-hydrogen) atoms. The maximum absolute atomic E-state index is 6.30. The van der Waals surface area contributed by atoms with Crippen LogP contribution in [0.3, 0.4) is 0 Å². The predicted octanol–water partition coefficient (Wildman–Crippen LogP) is 4.72. The predicted molar refractivity (Wildman–Crippen MR) is 110 cm³/mol. The number of piperazine rings is 1. The van der Waals surface area contributed by atoms with Crippen molar-refractivity contribution in [2.24, 2.45) is 0 Å². The van der Waals surface area contributed by atoms with Crippen molar-refractivity contribution in [3.05, 3.63) is 64.7 Å². The van der Waals surface area contributed by atoms with E-state index in [0.29, 0.717) is 11.1 Å². The Bertz CT molecular complexity index is 727. The number of aryl methyl sites for hydroxylation is 1. The molecule has 0 amide bonds. The zero-order valence-corrected chi connectivity index (χ0v) is 16.3. The molecule has 1 aliphatic heterocycles. The van der Waals surface area contributed by atoms with Gasteiger partial charge in [0.1, 0.15) is 0 Å². The van der Waals surface area contributed by atoms with Gasteiger partial charge in [0.05, 0.1) is 10.7 Å². The van der Waals surface area contributed by atoms with Crippen LogP contribution in [0.15, 0.2) is 48.5 Å². The minimum absolute atomic E-state index is 0.427. The molecule has 0 saturated carbocycles. The topological polar surface area (TPSA) is 18.5 Å². The van der Waals surface area contributed by atoms with Crippen LogP contribution in [-0.2, 0) is 0 Å². The fraction of sp³-hybridized carbons (Fsp3) is 0.350. The number of thiocarbonyl (C=S) groups is 1. The average molecular weight is 374 g/mol. The van der Waals surface area contributed by atoms with Crippen LogP contribution in [-0.4, -0.2) is 41.1 Å². The largest absolute Gasteiger partial charge is 0.346 e. The Kier molecular flexibility index (Phi) is 5.94. The molecule has 2 aromatic carbocycles. The molecule has 0 spiro atoms. The number of hydrogen-bond acceptors (Lipinski definition) is 2. The summed E-state index contributed by atoms with van der Waals surface area (Å²) in [7, 11) is 0. The van der Waals surface area contributed by atoms with Crippen LogP contribution < -0.4 is 5.32 Å². The minimum Gasteiger partial charge on any atom is -0.346 e. The lowest BCUT2D eigenvalue weighted by Gasteiger charge is -2.39. The summed E-state index contributed by atoms with van der Waals surface area (Å²) >= 11 is 11.9. The number of hydrogen-bond donors (Lipinski definition) is 1. The summed E-state index contributed by atoms with van der Waals surface area (Å²) in [4.78, 5) is 4.73. The molecule has 3 nitrogen and oxygen atoms in total. The van der Waals surface area contributed by atoms with Crippen LogP contribution >= 0.6 is 23.8 Å². The van der Waals surface area contributed by atoms with Crippen molar-refractivity contribution in [3.8, 4) is 0 Å². The Morgan fingerprint density at radius 3 is 2.40 bits per heavy atom. The molecule has 2 aromatic rings. The van der Waals surface area contributed by atoms with E-state index < -0.39 is 0 Å². The molecule has 3 rings (SSSR count). The van der Waals surface area contributed by atoms with Crippen molar-refractivity contribution in [2.45, 2.75) is 19.9 Å². The third-order valence-corrected chi connectivity index (χ3v) is 5.47. The van der Waals surface area contributed by atoms with Gasteiger partial charge < -0.3 is 10.2 Å². The molecular weight excluding hydrogens is 350 g/mol. The second-order valence-corrected chi connectivity index (χ2v) is 7.32. The highest BCUT2D eigenvalue weighted by atomic mass is 35.5. The van der Waals surface area contributed by atoms with Crippen LogP contribution in [0.1, 0.15) is 24.1 Å². The van der Waals surface area contributed by atoms with Gasteiger partial charge in [-0.05, 0) is 49.3 Å². The fourth-order valence-electron chi connectivity index (χ4n) is 3.17. The van der Waals surface area contributed by atoms with E-state index in [1.807, 2.05) is 25.1 Å². The van der Waals surface area contributed by atoms with Gasteiger partial charge in [0.2, 0.25) is 0 Å². The summed E-state index contributed by atoms with van der Waals surface area (Å²) in [5.74, 6) is 0. The van der Waals surface area contributed by atoms with E-state index in [9.17, 15) is 0 Å². The molecule has 0 bridgehead atoms. The molecule has 5 heteroatoms. The third kappa shape index (κ3) is 4.51. The van der Waals surface area contributed by atoms with E-state index >= 15 is 0 Å². The van der Waals surface area contributed by atoms with Gasteiger partial charge in [-0.3, -0.25) is 4.90 Å². The number of nitrogens with zero attached hydrogens (tertiary/aromatic N) is 2. The average Bonchev–Trinajstić information content (AvgIpc) is 2.64. The third-order valence-electron chi connectivity index (χ3n) is 4.80. The van der Waals surface area contributed by atoms with Crippen molar-refractivity contribution in [1.82, 2.24) is 9.80 Å². The van der Waals surface area contributed by atoms with E-state index in [4.69, 9.17) is 23.8 Å². The van der Waals surface area contributed by atoms with Crippen molar-refractivity contribution in [1.29, 1.82) is 0 Å². The Morgan fingerprint density at radius 1 is 1.08 bits per heavy atom. The molecule has 1 heterocycles. The molecule has 1 fully saturated rings. The normalized spacial score (nSPS) is 16.5. The Hall–Kier alpha value is -1.62. The number of rotatable bonds is 3. The highest BCUT2D eigenvalue weighted by molar-refractivity contribution is 7.80. The Labute approximate surface area is 160 Å². The fourth-order valence-corrected chi connectivity index (χ4v) is 3.75. The zero-order chi connectivity index (χ0) is 17.8. The molecule has 1 saturated heterocycles. The van der Waals surface area contributed by atoms with Crippen LogP contribution in [0.2, 0.25) is 5.02 Å². The SMILES string of the molecule is Cc1ccc(NC(=S)N2CCN(C(C)c3ccccc3)CC2)c(Cl)c1. The molecule has 0 aromatic heterocycles. The van der Waals surface area contributed by atoms with Gasteiger partial charge in [0.25, 0.3) is 0 Å². The zero-order valence-electron chi connectivity index (χ0n) is 14.7. The van der Waals surface area contributed by atoms with Crippen LogP contribution in [0, 0.1) is 6.92 Å². The van der Waals surface area contributed by atoms with E-state index in [-0.39, 0.29) is 0 Å². The monoisotopic (exact) mass is 373 g/mol. The molecule has 0 radical (unpaired) electrons. The first-order chi connectivity index (χ1) is 12.0. The van der Waals surface area contributed by atoms with Crippen LogP contribution in [0.25, 0.3) is 0 Å². The summed E-state index contributed by atoms with van der Waals surface area (Å²) in [5.41, 5.74) is 3.38. The maximum atomic E-state index is 6.30. The van der Waals surface area contributed by atoms with Crippen LogP contribution in [0.4, 0.5) is 5.69 Å². The molecule has 1 aliphatic rings. The highest BCUT2D eigenvalue weighted by Crippen LogP contribution is 2.24. The van der Waals surface area contributed by atoms with Gasteiger partial charge in [0.15, 0.2) is 5.11 Å². The van der Waals surface area contributed by atoms with Crippen LogP contribution in [0.5, 0.6) is 0 Å². The molecular formula is C20H24ClN3S. The number of halogens is 1. The number of nitrogens with one attached hydrogen (secondary N) is 1. The maximum Gasteiger partial charge on any atom is 0.173 e. The van der Waals surface area contributed by atoms with Gasteiger partial charge >= 0.3 is 0 Å². The molecule has 1 atom stereocenters. The van der Waals surface area contributed by atoms with E-state index in [0.717, 1.165) is 42.5 Å². The number of benzene rings is 2. The van der Waals surface area contributed by atoms with Crippen molar-refractivity contribution in [3.63, 3.8) is 0 Å². The first-order valence-corrected chi connectivity index (χ1v) is 9.44. The first-order valence-electron chi connectivity index (χ1n) is 8.65. The van der Waals surface area contributed by atoms with Gasteiger partial charge in [-0.1, -0.05) is 48.0 Å². The first kappa shape index (κ1) is 18.2. The Balaban J connectivity index is 1.55. The minimum atomic E-state index is 0.427. The van der Waals surface area contributed by atoms with E-state index in [1.165, 1.54) is 5.56 Å². The summed E-state index contributed by atoms with van der Waals surface area (Å²) in [5, 5.41) is 4.74. The summed E-state index contributed by atoms with van der Waals surface area (Å²) in [6, 6.07) is 17.1. The van der Waals surface area contributed by atoms with E-state index in [2.05, 4.69) is 52.4 Å². The molecule has 1 unspecified atom stereocenters. The second kappa shape index (κ2) is 8.17. The highest BCUT2D eigenvalue weighted by Gasteiger charge is 2.23. The van der Waals surface area contributed by atoms with Crippen molar-refractivity contribution < 1.29 is 0 Å². The van der Waals surface area contributed by atoms with E-state index in [1.54, 1.807) is 0 Å². The summed E-state index contributed by atoms with van der Waals surface area (Å²) < 4.78 is 0. The summed E-state index contributed by atoms with van der Waals surface area (Å²) in [6.45, 7) is 8.15. The van der Waals surface area contributed by atoms with Gasteiger partial charge in [-0.25, -0.2) is 0 Å². The quantitative estimate of drug-likeness (QED) is 0.784. The lowest BCUT2D eigenvalue weighted by molar-refractivity contribution is 0.142. The standard InChI is InChI=1S/C20H24ClN3S/c1-15-8-9-19(18(21)14-15)22-20(25)24-12-10-23(11-13-24)16(2)17-6-4-3-5-7-17/h3-9,14,16H,10-13H2,1-2H3,(H,22,25). The lowest BCUT2D eigenvalue weighted by atomic mass is 10.1. The molecule has 0 aliphatic carbocycles. The molecule has 132 valence electrons. The molecule has 1 N–H and O–H groups in total. The Morgan fingerprint density at radius 2 is 1.76 bits per heavy atom. The van der Waals surface area contributed by atoms with Crippen molar-refractivity contribution >= 4 is 34.6 Å². The van der Waals surface area contributed by atoms with Gasteiger partial charge in [0, 0.05) is 32.2 Å². The smallest absolute Gasteiger partial charge is 0.173 e.